The van der Waals surface area contributed by atoms with E-state index in [-0.39, 0.29) is 0 Å². The summed E-state index contributed by atoms with van der Waals surface area (Å²) in [7, 11) is 0. The molecule has 0 radical (unpaired) electrons. The molecule has 0 amide bonds. The summed E-state index contributed by atoms with van der Waals surface area (Å²) in [5.41, 5.74) is 0. The zero-order valence-electron chi connectivity index (χ0n) is 16.4. The van der Waals surface area contributed by atoms with Gasteiger partial charge in [0.05, 0.1) is 13.2 Å². The predicted molar refractivity (Wildman–Crippen MR) is 102 cm³/mol. The maximum absolute atomic E-state index is 11.2. The fraction of sp³-hybridized carbons (Fsp3) is 0.950. The lowest BCUT2D eigenvalue weighted by Crippen LogP contribution is -2.57. The van der Waals surface area contributed by atoms with Gasteiger partial charge >= 0.3 is 5.97 Å². The fourth-order valence-electron chi connectivity index (χ4n) is 5.19. The minimum atomic E-state index is -0.657. The lowest BCUT2D eigenvalue weighted by atomic mass is 9.85. The van der Waals surface area contributed by atoms with E-state index in [0.717, 1.165) is 39.3 Å². The number of nitrogens with zero attached hydrogens (tertiary/aromatic N) is 3. The number of aliphatic carboxylic acids is 1. The van der Waals surface area contributed by atoms with Crippen molar-refractivity contribution in [2.24, 2.45) is 5.92 Å². The van der Waals surface area contributed by atoms with Gasteiger partial charge in [0.1, 0.15) is 0 Å². The van der Waals surface area contributed by atoms with Crippen molar-refractivity contribution in [1.29, 1.82) is 0 Å². The topological polar surface area (TPSA) is 56.2 Å². The monoisotopic (exact) mass is 367 g/mol. The first kappa shape index (κ1) is 20.1. The highest BCUT2D eigenvalue weighted by molar-refractivity contribution is 5.66. The van der Waals surface area contributed by atoms with Crippen molar-refractivity contribution < 1.29 is 14.6 Å². The number of hydrogen-bond acceptors (Lipinski definition) is 5. The molecule has 6 heteroatoms. The zero-order chi connectivity index (χ0) is 18.4. The van der Waals surface area contributed by atoms with E-state index < -0.39 is 5.97 Å². The first-order valence-corrected chi connectivity index (χ1v) is 10.7. The second kappa shape index (κ2) is 10.0. The van der Waals surface area contributed by atoms with Crippen LogP contribution < -0.4 is 0 Å². The third kappa shape index (κ3) is 5.41. The van der Waals surface area contributed by atoms with Gasteiger partial charge in [0.25, 0.3) is 0 Å². The Bertz CT molecular complexity index is 434. The first-order valence-electron chi connectivity index (χ1n) is 10.7. The Morgan fingerprint density at radius 2 is 1.77 bits per heavy atom. The van der Waals surface area contributed by atoms with Crippen molar-refractivity contribution in [2.45, 2.75) is 57.5 Å². The molecule has 0 aromatic heterocycles. The summed E-state index contributed by atoms with van der Waals surface area (Å²) >= 11 is 0. The lowest BCUT2D eigenvalue weighted by molar-refractivity contribution is -0.137. The molecule has 0 bridgehead atoms. The van der Waals surface area contributed by atoms with Crippen LogP contribution >= 0.6 is 0 Å². The van der Waals surface area contributed by atoms with Crippen molar-refractivity contribution in [1.82, 2.24) is 14.7 Å². The molecule has 3 heterocycles. The molecule has 0 aromatic rings. The molecule has 0 aromatic carbocycles. The van der Waals surface area contributed by atoms with E-state index >= 15 is 0 Å². The molecule has 3 aliphatic heterocycles. The van der Waals surface area contributed by atoms with Crippen LogP contribution in [0.2, 0.25) is 0 Å². The molecule has 26 heavy (non-hydrogen) atoms. The third-order valence-corrected chi connectivity index (χ3v) is 6.58. The van der Waals surface area contributed by atoms with Crippen LogP contribution in [0.15, 0.2) is 0 Å². The number of likely N-dealkylation sites (tertiary alicyclic amines) is 2. The molecule has 3 aliphatic rings. The van der Waals surface area contributed by atoms with Crippen LogP contribution in [0.1, 0.15) is 45.4 Å². The highest BCUT2D eigenvalue weighted by atomic mass is 16.5. The molecule has 6 nitrogen and oxygen atoms in total. The van der Waals surface area contributed by atoms with Gasteiger partial charge < -0.3 is 14.7 Å². The number of ether oxygens (including phenoxy) is 1. The van der Waals surface area contributed by atoms with Crippen molar-refractivity contribution >= 4 is 5.97 Å². The van der Waals surface area contributed by atoms with Gasteiger partial charge in [-0.05, 0) is 64.2 Å². The van der Waals surface area contributed by atoms with Crippen LogP contribution in [-0.2, 0) is 9.53 Å². The van der Waals surface area contributed by atoms with Gasteiger partial charge in [-0.2, -0.15) is 0 Å². The Kier molecular flexibility index (Phi) is 7.73. The van der Waals surface area contributed by atoms with Crippen molar-refractivity contribution in [2.75, 3.05) is 59.0 Å². The summed E-state index contributed by atoms with van der Waals surface area (Å²) in [4.78, 5) is 19.0. The van der Waals surface area contributed by atoms with Gasteiger partial charge in [0, 0.05) is 38.1 Å². The maximum atomic E-state index is 11.2. The zero-order valence-corrected chi connectivity index (χ0v) is 16.4. The quantitative estimate of drug-likeness (QED) is 0.740. The van der Waals surface area contributed by atoms with Gasteiger partial charge in [-0.15, -0.1) is 0 Å². The van der Waals surface area contributed by atoms with Crippen molar-refractivity contribution in [3.05, 3.63) is 0 Å². The molecule has 0 saturated carbocycles. The maximum Gasteiger partial charge on any atom is 0.303 e. The summed E-state index contributed by atoms with van der Waals surface area (Å²) in [6.07, 6.45) is 6.07. The summed E-state index contributed by atoms with van der Waals surface area (Å²) < 4.78 is 5.52. The molecule has 2 atom stereocenters. The second-order valence-corrected chi connectivity index (χ2v) is 8.26. The van der Waals surface area contributed by atoms with Crippen molar-refractivity contribution in [3.8, 4) is 0 Å². The molecule has 3 rings (SSSR count). The molecule has 3 fully saturated rings. The van der Waals surface area contributed by atoms with Crippen LogP contribution in [0.3, 0.4) is 0 Å². The number of rotatable bonds is 7. The molecule has 0 spiro atoms. The highest BCUT2D eigenvalue weighted by Gasteiger charge is 2.36. The van der Waals surface area contributed by atoms with E-state index in [1.165, 1.54) is 51.9 Å². The summed E-state index contributed by atoms with van der Waals surface area (Å²) in [5, 5.41) is 9.18. The summed E-state index contributed by atoms with van der Waals surface area (Å²) in [6.45, 7) is 11.8. The molecule has 3 saturated heterocycles. The molecule has 1 N–H and O–H groups in total. The van der Waals surface area contributed by atoms with Crippen molar-refractivity contribution in [3.63, 3.8) is 0 Å². The van der Waals surface area contributed by atoms with Crippen LogP contribution in [-0.4, -0.2) is 96.9 Å². The van der Waals surface area contributed by atoms with Gasteiger partial charge in [-0.3, -0.25) is 14.6 Å². The van der Waals surface area contributed by atoms with Gasteiger partial charge in [0.15, 0.2) is 0 Å². The predicted octanol–water partition coefficient (Wildman–Crippen LogP) is 1.75. The van der Waals surface area contributed by atoms with Gasteiger partial charge in [-0.1, -0.05) is 6.92 Å². The Morgan fingerprint density at radius 3 is 2.42 bits per heavy atom. The number of carboxylic acids is 1. The lowest BCUT2D eigenvalue weighted by Gasteiger charge is -2.48. The summed E-state index contributed by atoms with van der Waals surface area (Å²) in [5.74, 6) is -0.178. The molecule has 0 aliphatic carbocycles. The molecular weight excluding hydrogens is 330 g/mol. The smallest absolute Gasteiger partial charge is 0.303 e. The number of piperidine rings is 2. The van der Waals surface area contributed by atoms with E-state index in [9.17, 15) is 9.90 Å². The molecule has 0 unspecified atom stereocenters. The molecular formula is C20H37N3O3. The average Bonchev–Trinajstić information content (AvgIpc) is 2.68. The first-order chi connectivity index (χ1) is 12.7. The Balaban J connectivity index is 1.56. The molecule has 150 valence electrons. The van der Waals surface area contributed by atoms with Gasteiger partial charge in [-0.25, -0.2) is 0 Å². The fourth-order valence-corrected chi connectivity index (χ4v) is 5.19. The Labute approximate surface area is 158 Å². The average molecular weight is 368 g/mol. The Hall–Kier alpha value is -0.690. The van der Waals surface area contributed by atoms with Crippen LogP contribution in [0.4, 0.5) is 0 Å². The Morgan fingerprint density at radius 1 is 1.04 bits per heavy atom. The second-order valence-electron chi connectivity index (χ2n) is 8.26. The number of morpholine rings is 1. The highest BCUT2D eigenvalue weighted by Crippen LogP contribution is 2.30. The standard InChI is InChI=1S/C20H37N3O3/c1-2-8-21-9-5-18(6-10-21)23-11-7-19(22-12-14-26-15-13-22)17(16-23)3-4-20(24)25/h17-19H,2-16H2,1H3,(H,24,25)/t17-,19+/m0/s1. The minimum Gasteiger partial charge on any atom is -0.481 e. The largest absolute Gasteiger partial charge is 0.481 e. The van der Waals surface area contributed by atoms with E-state index in [1.807, 2.05) is 0 Å². The van der Waals surface area contributed by atoms with Crippen LogP contribution in [0.25, 0.3) is 0 Å². The van der Waals surface area contributed by atoms with E-state index in [2.05, 4.69) is 21.6 Å². The SMILES string of the molecule is CCCN1CCC(N2CC[C@@H](N3CCOCC3)[C@@H](CCC(=O)O)C2)CC1. The number of hydrogen-bond donors (Lipinski definition) is 1. The van der Waals surface area contributed by atoms with E-state index in [4.69, 9.17) is 4.74 Å². The normalized spacial score (nSPS) is 30.5. The van der Waals surface area contributed by atoms with Crippen LogP contribution in [0.5, 0.6) is 0 Å². The number of carbonyl (C=O) groups is 1. The van der Waals surface area contributed by atoms with Crippen LogP contribution in [0, 0.1) is 5.92 Å². The summed E-state index contributed by atoms with van der Waals surface area (Å²) in [6, 6.07) is 1.23. The van der Waals surface area contributed by atoms with E-state index in [1.54, 1.807) is 0 Å². The number of carboxylic acid groups (broad SMARTS) is 1. The van der Waals surface area contributed by atoms with Gasteiger partial charge in [0.2, 0.25) is 0 Å². The van der Waals surface area contributed by atoms with E-state index in [0.29, 0.717) is 24.4 Å². The minimum absolute atomic E-state index is 0.300. The third-order valence-electron chi connectivity index (χ3n) is 6.58.